The highest BCUT2D eigenvalue weighted by molar-refractivity contribution is 9.11. The van der Waals surface area contributed by atoms with E-state index in [1.54, 1.807) is 25.5 Å². The van der Waals surface area contributed by atoms with Gasteiger partial charge in [0, 0.05) is 22.7 Å². The molecule has 2 heterocycles. The number of nitrogens with zero attached hydrogens (tertiary/aromatic N) is 2. The Bertz CT molecular complexity index is 899. The van der Waals surface area contributed by atoms with E-state index in [0.29, 0.717) is 17.0 Å². The summed E-state index contributed by atoms with van der Waals surface area (Å²) in [6, 6.07) is 8.01. The Morgan fingerprint density at radius 2 is 2.00 bits per heavy atom. The first-order valence-corrected chi connectivity index (χ1v) is 7.94. The van der Waals surface area contributed by atoms with Gasteiger partial charge in [0.15, 0.2) is 5.75 Å². The second-order valence-corrected chi connectivity index (χ2v) is 7.04. The van der Waals surface area contributed by atoms with Crippen molar-refractivity contribution in [1.82, 2.24) is 9.78 Å². The van der Waals surface area contributed by atoms with E-state index in [1.165, 1.54) is 4.68 Å². The van der Waals surface area contributed by atoms with E-state index in [-0.39, 0.29) is 5.56 Å². The normalized spacial score (nSPS) is 11.0. The first-order chi connectivity index (χ1) is 10.0. The maximum Gasteiger partial charge on any atom is 0.278 e. The second-order valence-electron chi connectivity index (χ2n) is 4.67. The summed E-state index contributed by atoms with van der Waals surface area (Å²) in [4.78, 5) is 12.6. The van der Waals surface area contributed by atoms with Gasteiger partial charge in [0.05, 0.1) is 16.5 Å². The smallest absolute Gasteiger partial charge is 0.278 e. The highest BCUT2D eigenvalue weighted by atomic mass is 79.9. The predicted molar refractivity (Wildman–Crippen MR) is 89.3 cm³/mol. The summed E-state index contributed by atoms with van der Waals surface area (Å²) in [6.45, 7) is 1.84. The number of methoxy groups -OCH3 is 1. The number of hydrogen-bond acceptors (Lipinski definition) is 4. The number of fused-ring (bicyclic) bond motifs is 1. The summed E-state index contributed by atoms with van der Waals surface area (Å²) in [5.41, 5.74) is 1.95. The van der Waals surface area contributed by atoms with Gasteiger partial charge in [-0.05, 0) is 28.9 Å². The van der Waals surface area contributed by atoms with Crippen LogP contribution in [-0.4, -0.2) is 16.9 Å². The SMILES string of the molecule is COc1c(C)nn(C)c(=O)c1-c1c(Br)sc2ccccc12. The molecule has 4 nitrogen and oxygen atoms in total. The van der Waals surface area contributed by atoms with Crippen LogP contribution < -0.4 is 10.3 Å². The van der Waals surface area contributed by atoms with Crippen LogP contribution in [0.3, 0.4) is 0 Å². The minimum Gasteiger partial charge on any atom is -0.494 e. The Balaban J connectivity index is 2.49. The van der Waals surface area contributed by atoms with Crippen molar-refractivity contribution in [1.29, 1.82) is 0 Å². The monoisotopic (exact) mass is 364 g/mol. The number of hydrogen-bond donors (Lipinski definition) is 0. The lowest BCUT2D eigenvalue weighted by atomic mass is 10.0. The number of rotatable bonds is 2. The van der Waals surface area contributed by atoms with Crippen molar-refractivity contribution in [2.24, 2.45) is 7.05 Å². The number of halogens is 1. The lowest BCUT2D eigenvalue weighted by Crippen LogP contribution is -2.23. The van der Waals surface area contributed by atoms with Crippen molar-refractivity contribution in [3.8, 4) is 16.9 Å². The van der Waals surface area contributed by atoms with Gasteiger partial charge in [0.25, 0.3) is 5.56 Å². The average molecular weight is 365 g/mol. The van der Waals surface area contributed by atoms with Gasteiger partial charge in [-0.1, -0.05) is 18.2 Å². The summed E-state index contributed by atoms with van der Waals surface area (Å²) < 4.78 is 8.84. The number of ether oxygens (including phenoxy) is 1. The van der Waals surface area contributed by atoms with Crippen LogP contribution in [0.15, 0.2) is 32.8 Å². The molecule has 0 aliphatic carbocycles. The van der Waals surface area contributed by atoms with E-state index in [9.17, 15) is 4.79 Å². The fraction of sp³-hybridized carbons (Fsp3) is 0.200. The Morgan fingerprint density at radius 3 is 2.71 bits per heavy atom. The summed E-state index contributed by atoms with van der Waals surface area (Å²) in [7, 11) is 3.22. The molecule has 0 atom stereocenters. The highest BCUT2D eigenvalue weighted by Crippen LogP contribution is 2.44. The van der Waals surface area contributed by atoms with E-state index in [1.807, 2.05) is 31.2 Å². The third-order valence-electron chi connectivity index (χ3n) is 3.37. The summed E-state index contributed by atoms with van der Waals surface area (Å²) in [6.07, 6.45) is 0. The minimum absolute atomic E-state index is 0.165. The lowest BCUT2D eigenvalue weighted by Gasteiger charge is -2.12. The fourth-order valence-corrected chi connectivity index (χ4v) is 4.34. The van der Waals surface area contributed by atoms with Crippen molar-refractivity contribution in [3.05, 3.63) is 44.1 Å². The van der Waals surface area contributed by atoms with Gasteiger partial charge in [-0.3, -0.25) is 4.79 Å². The second kappa shape index (κ2) is 5.27. The van der Waals surface area contributed by atoms with E-state index >= 15 is 0 Å². The molecule has 1 aromatic carbocycles. The van der Waals surface area contributed by atoms with Crippen LogP contribution >= 0.6 is 27.3 Å². The number of thiophene rings is 1. The van der Waals surface area contributed by atoms with Gasteiger partial charge in [0.2, 0.25) is 0 Å². The maximum atomic E-state index is 12.6. The van der Waals surface area contributed by atoms with E-state index in [4.69, 9.17) is 4.74 Å². The van der Waals surface area contributed by atoms with Gasteiger partial charge < -0.3 is 4.74 Å². The molecule has 2 aromatic heterocycles. The molecular formula is C15H13BrN2O2S. The zero-order chi connectivity index (χ0) is 15.1. The zero-order valence-electron chi connectivity index (χ0n) is 11.8. The molecule has 3 aromatic rings. The highest BCUT2D eigenvalue weighted by Gasteiger charge is 2.22. The molecular weight excluding hydrogens is 352 g/mol. The molecule has 6 heteroatoms. The predicted octanol–water partition coefficient (Wildman–Crippen LogP) is 3.74. The maximum absolute atomic E-state index is 12.6. The average Bonchev–Trinajstić information content (AvgIpc) is 2.78. The van der Waals surface area contributed by atoms with Gasteiger partial charge >= 0.3 is 0 Å². The van der Waals surface area contributed by atoms with Gasteiger partial charge in [-0.2, -0.15) is 5.10 Å². The molecule has 0 unspecified atom stereocenters. The van der Waals surface area contributed by atoms with Crippen LogP contribution in [0.2, 0.25) is 0 Å². The quantitative estimate of drug-likeness (QED) is 0.695. The van der Waals surface area contributed by atoms with Gasteiger partial charge in [-0.15, -0.1) is 11.3 Å². The fourth-order valence-electron chi connectivity index (χ4n) is 2.47. The van der Waals surface area contributed by atoms with Crippen molar-refractivity contribution < 1.29 is 4.74 Å². The topological polar surface area (TPSA) is 44.1 Å². The van der Waals surface area contributed by atoms with Crippen LogP contribution in [0.5, 0.6) is 5.75 Å². The van der Waals surface area contributed by atoms with E-state index in [0.717, 1.165) is 19.4 Å². The molecule has 0 amide bonds. The molecule has 108 valence electrons. The Hall–Kier alpha value is -1.66. The van der Waals surface area contributed by atoms with Crippen LogP contribution in [-0.2, 0) is 7.05 Å². The Morgan fingerprint density at radius 1 is 1.29 bits per heavy atom. The summed E-state index contributed by atoms with van der Waals surface area (Å²) in [5.74, 6) is 0.530. The molecule has 0 saturated heterocycles. The van der Waals surface area contributed by atoms with Crippen molar-refractivity contribution in [2.75, 3.05) is 7.11 Å². The zero-order valence-corrected chi connectivity index (χ0v) is 14.2. The van der Waals surface area contributed by atoms with Crippen molar-refractivity contribution >= 4 is 37.4 Å². The number of aromatic nitrogens is 2. The molecule has 21 heavy (non-hydrogen) atoms. The summed E-state index contributed by atoms with van der Waals surface area (Å²) in [5, 5.41) is 5.23. The third-order valence-corrected chi connectivity index (χ3v) is 5.21. The molecule has 0 aliphatic rings. The molecule has 0 bridgehead atoms. The van der Waals surface area contributed by atoms with Gasteiger partial charge in [0.1, 0.15) is 5.69 Å². The van der Waals surface area contributed by atoms with Crippen LogP contribution in [0.4, 0.5) is 0 Å². The first kappa shape index (κ1) is 14.3. The molecule has 0 spiro atoms. The third kappa shape index (κ3) is 2.18. The standard InChI is InChI=1S/C15H13BrN2O2S/c1-8-13(20-3)12(15(19)18(2)17-8)11-9-6-4-5-7-10(9)21-14(11)16/h4-7H,1-3H3. The number of benzene rings is 1. The molecule has 3 rings (SSSR count). The van der Waals surface area contributed by atoms with E-state index in [2.05, 4.69) is 21.0 Å². The van der Waals surface area contributed by atoms with Crippen LogP contribution in [0, 0.1) is 6.92 Å². The van der Waals surface area contributed by atoms with Gasteiger partial charge in [-0.25, -0.2) is 4.68 Å². The first-order valence-electron chi connectivity index (χ1n) is 6.34. The largest absolute Gasteiger partial charge is 0.494 e. The van der Waals surface area contributed by atoms with Crippen LogP contribution in [0.25, 0.3) is 21.2 Å². The molecule has 0 saturated carbocycles. The lowest BCUT2D eigenvalue weighted by molar-refractivity contribution is 0.405. The minimum atomic E-state index is -0.165. The molecule has 0 fully saturated rings. The van der Waals surface area contributed by atoms with Crippen molar-refractivity contribution in [2.45, 2.75) is 6.92 Å². The van der Waals surface area contributed by atoms with Crippen LogP contribution in [0.1, 0.15) is 5.69 Å². The van der Waals surface area contributed by atoms with Crippen molar-refractivity contribution in [3.63, 3.8) is 0 Å². The molecule has 0 N–H and O–H groups in total. The molecule has 0 radical (unpaired) electrons. The summed E-state index contributed by atoms with van der Waals surface area (Å²) >= 11 is 5.19. The number of aryl methyl sites for hydroxylation is 2. The molecule has 0 aliphatic heterocycles. The Kier molecular flexibility index (Phi) is 3.59. The van der Waals surface area contributed by atoms with E-state index < -0.39 is 0 Å². The Labute approximate surface area is 134 Å².